The van der Waals surface area contributed by atoms with Gasteiger partial charge in [0.25, 0.3) is 0 Å². The Bertz CT molecular complexity index is 438. The number of aliphatic hydroxyl groups excluding tert-OH is 1. The SMILES string of the molecule is C[C@@H](O)[C@H]1C(=O)N2C(C(=O)O)=C(CSCCN)S[C@H]12. The van der Waals surface area contributed by atoms with E-state index in [0.717, 1.165) is 5.75 Å². The number of hydrogen-bond acceptors (Lipinski definition) is 6. The predicted octanol–water partition coefficient (Wildman–Crippen LogP) is -0.113. The third kappa shape index (κ3) is 2.49. The molecule has 0 aliphatic carbocycles. The number of rotatable bonds is 6. The van der Waals surface area contributed by atoms with Crippen molar-refractivity contribution in [3.05, 3.63) is 10.6 Å². The number of thioether (sulfide) groups is 2. The average Bonchev–Trinajstić information content (AvgIpc) is 2.64. The van der Waals surface area contributed by atoms with Gasteiger partial charge in [0.2, 0.25) is 5.91 Å². The average molecular weight is 304 g/mol. The molecule has 1 saturated heterocycles. The van der Waals surface area contributed by atoms with Crippen LogP contribution in [-0.2, 0) is 9.59 Å². The summed E-state index contributed by atoms with van der Waals surface area (Å²) in [7, 11) is 0. The van der Waals surface area contributed by atoms with Gasteiger partial charge in [-0.15, -0.1) is 11.8 Å². The van der Waals surface area contributed by atoms with E-state index in [0.29, 0.717) is 17.2 Å². The predicted molar refractivity (Wildman–Crippen MR) is 74.4 cm³/mol. The Kier molecular flexibility index (Phi) is 4.44. The first-order chi connectivity index (χ1) is 8.99. The second-order valence-electron chi connectivity index (χ2n) is 4.40. The Morgan fingerprint density at radius 2 is 2.32 bits per heavy atom. The summed E-state index contributed by atoms with van der Waals surface area (Å²) in [5, 5.41) is 18.5. The van der Waals surface area contributed by atoms with Crippen LogP contribution in [0.25, 0.3) is 0 Å². The first-order valence-electron chi connectivity index (χ1n) is 5.91. The highest BCUT2D eigenvalue weighted by molar-refractivity contribution is 8.06. The largest absolute Gasteiger partial charge is 0.477 e. The topological polar surface area (TPSA) is 104 Å². The summed E-state index contributed by atoms with van der Waals surface area (Å²) in [6.07, 6.45) is -0.757. The van der Waals surface area contributed by atoms with E-state index < -0.39 is 18.0 Å². The van der Waals surface area contributed by atoms with Gasteiger partial charge in [0, 0.05) is 23.0 Å². The Labute approximate surface area is 119 Å². The van der Waals surface area contributed by atoms with E-state index in [2.05, 4.69) is 0 Å². The fraction of sp³-hybridized carbons (Fsp3) is 0.636. The molecule has 8 heteroatoms. The normalized spacial score (nSPS) is 27.3. The van der Waals surface area contributed by atoms with Crippen LogP contribution in [-0.4, -0.2) is 56.5 Å². The fourth-order valence-electron chi connectivity index (χ4n) is 2.20. The summed E-state index contributed by atoms with van der Waals surface area (Å²) in [6, 6.07) is 0. The highest BCUT2D eigenvalue weighted by Crippen LogP contribution is 2.50. The summed E-state index contributed by atoms with van der Waals surface area (Å²) < 4.78 is 0. The number of amides is 1. The molecule has 0 unspecified atom stereocenters. The fourth-order valence-corrected chi connectivity index (χ4v) is 4.75. The van der Waals surface area contributed by atoms with Crippen molar-refractivity contribution >= 4 is 35.4 Å². The molecule has 6 nitrogen and oxygen atoms in total. The lowest BCUT2D eigenvalue weighted by atomic mass is 9.92. The van der Waals surface area contributed by atoms with Crippen molar-refractivity contribution in [1.29, 1.82) is 0 Å². The van der Waals surface area contributed by atoms with E-state index in [1.807, 2.05) is 0 Å². The molecule has 0 bridgehead atoms. The molecule has 0 radical (unpaired) electrons. The minimum absolute atomic E-state index is 0.0708. The third-order valence-electron chi connectivity index (χ3n) is 3.07. The maximum absolute atomic E-state index is 11.9. The third-order valence-corrected chi connectivity index (χ3v) is 5.64. The molecule has 106 valence electrons. The molecule has 2 aliphatic rings. The van der Waals surface area contributed by atoms with Gasteiger partial charge in [-0.2, -0.15) is 11.8 Å². The lowest BCUT2D eigenvalue weighted by Crippen LogP contribution is -2.60. The molecule has 3 atom stereocenters. The minimum atomic E-state index is -1.09. The van der Waals surface area contributed by atoms with E-state index >= 15 is 0 Å². The van der Waals surface area contributed by atoms with E-state index in [1.54, 1.807) is 18.7 Å². The van der Waals surface area contributed by atoms with Crippen molar-refractivity contribution in [2.24, 2.45) is 11.7 Å². The van der Waals surface area contributed by atoms with Crippen LogP contribution in [0.5, 0.6) is 0 Å². The zero-order valence-electron chi connectivity index (χ0n) is 10.4. The highest BCUT2D eigenvalue weighted by atomic mass is 32.2. The molecule has 0 aromatic carbocycles. The summed E-state index contributed by atoms with van der Waals surface area (Å²) in [5.74, 6) is -0.609. The van der Waals surface area contributed by atoms with Gasteiger partial charge < -0.3 is 15.9 Å². The van der Waals surface area contributed by atoms with Crippen molar-refractivity contribution < 1.29 is 19.8 Å². The molecule has 0 saturated carbocycles. The number of fused-ring (bicyclic) bond motifs is 1. The molecule has 0 spiro atoms. The van der Waals surface area contributed by atoms with E-state index in [9.17, 15) is 19.8 Å². The van der Waals surface area contributed by atoms with Crippen molar-refractivity contribution in [3.63, 3.8) is 0 Å². The zero-order chi connectivity index (χ0) is 14.2. The van der Waals surface area contributed by atoms with Crippen LogP contribution in [0.4, 0.5) is 0 Å². The van der Waals surface area contributed by atoms with Crippen molar-refractivity contribution in [1.82, 2.24) is 4.90 Å². The van der Waals surface area contributed by atoms with Crippen LogP contribution < -0.4 is 5.73 Å². The Balaban J connectivity index is 2.14. The molecule has 0 aromatic heterocycles. The first kappa shape index (κ1) is 14.7. The Morgan fingerprint density at radius 3 is 2.84 bits per heavy atom. The van der Waals surface area contributed by atoms with Crippen molar-refractivity contribution in [2.75, 3.05) is 18.1 Å². The van der Waals surface area contributed by atoms with Crippen LogP contribution in [0.15, 0.2) is 10.6 Å². The molecule has 2 rings (SSSR count). The Hall–Kier alpha value is -0.700. The van der Waals surface area contributed by atoms with Crippen molar-refractivity contribution in [2.45, 2.75) is 18.4 Å². The summed E-state index contributed by atoms with van der Waals surface area (Å²) in [6.45, 7) is 2.09. The first-order valence-corrected chi connectivity index (χ1v) is 7.94. The number of carbonyl (C=O) groups is 2. The summed E-state index contributed by atoms with van der Waals surface area (Å²) in [5.41, 5.74) is 5.47. The summed E-state index contributed by atoms with van der Waals surface area (Å²) >= 11 is 2.92. The lowest BCUT2D eigenvalue weighted by Gasteiger charge is -2.43. The van der Waals surface area contributed by atoms with Gasteiger partial charge in [-0.3, -0.25) is 9.69 Å². The maximum Gasteiger partial charge on any atom is 0.353 e. The van der Waals surface area contributed by atoms with Crippen LogP contribution in [0.2, 0.25) is 0 Å². The molecule has 19 heavy (non-hydrogen) atoms. The zero-order valence-corrected chi connectivity index (χ0v) is 12.0. The quantitative estimate of drug-likeness (QED) is 0.464. The van der Waals surface area contributed by atoms with Crippen LogP contribution in [0, 0.1) is 5.92 Å². The van der Waals surface area contributed by atoms with E-state index in [1.165, 1.54) is 16.7 Å². The van der Waals surface area contributed by atoms with Gasteiger partial charge in [0.15, 0.2) is 0 Å². The maximum atomic E-state index is 11.9. The molecule has 0 aromatic rings. The number of nitrogens with zero attached hydrogens (tertiary/aromatic N) is 1. The molecular formula is C11H16N2O4S2. The van der Waals surface area contributed by atoms with Crippen LogP contribution in [0.1, 0.15) is 6.92 Å². The monoisotopic (exact) mass is 304 g/mol. The van der Waals surface area contributed by atoms with Crippen LogP contribution >= 0.6 is 23.5 Å². The molecule has 4 N–H and O–H groups in total. The number of hydrogen-bond donors (Lipinski definition) is 3. The number of carbonyl (C=O) groups excluding carboxylic acids is 1. The second-order valence-corrected chi connectivity index (χ2v) is 6.72. The second kappa shape index (κ2) is 5.74. The summed E-state index contributed by atoms with van der Waals surface area (Å²) in [4.78, 5) is 25.2. The van der Waals surface area contributed by atoms with E-state index in [4.69, 9.17) is 5.73 Å². The number of carboxylic acid groups (broad SMARTS) is 1. The Morgan fingerprint density at radius 1 is 1.63 bits per heavy atom. The molecule has 1 fully saturated rings. The molecule has 2 aliphatic heterocycles. The van der Waals surface area contributed by atoms with Gasteiger partial charge >= 0.3 is 5.97 Å². The highest BCUT2D eigenvalue weighted by Gasteiger charge is 2.57. The van der Waals surface area contributed by atoms with Gasteiger partial charge in [-0.1, -0.05) is 0 Å². The number of aliphatic hydroxyl groups is 1. The minimum Gasteiger partial charge on any atom is -0.477 e. The number of nitrogens with two attached hydrogens (primary N) is 1. The molecule has 1 amide bonds. The van der Waals surface area contributed by atoms with E-state index in [-0.39, 0.29) is 17.0 Å². The molecule has 2 heterocycles. The van der Waals surface area contributed by atoms with Crippen molar-refractivity contribution in [3.8, 4) is 0 Å². The van der Waals surface area contributed by atoms with Crippen LogP contribution in [0.3, 0.4) is 0 Å². The van der Waals surface area contributed by atoms with Gasteiger partial charge in [0.05, 0.1) is 12.0 Å². The van der Waals surface area contributed by atoms with Gasteiger partial charge in [0.1, 0.15) is 11.1 Å². The van der Waals surface area contributed by atoms with Gasteiger partial charge in [-0.05, 0) is 6.92 Å². The van der Waals surface area contributed by atoms with Gasteiger partial charge in [-0.25, -0.2) is 4.79 Å². The lowest BCUT2D eigenvalue weighted by molar-refractivity contribution is -0.156. The number of aliphatic carboxylic acids is 1. The number of carboxylic acids is 1. The smallest absolute Gasteiger partial charge is 0.353 e. The molecular weight excluding hydrogens is 288 g/mol. The standard InChI is InChI=1S/C11H16N2O4S2/c1-5(14)7-9(15)13-8(11(16)17)6(19-10(7)13)4-18-3-2-12/h5,7,10,14H,2-4,12H2,1H3,(H,16,17)/t5-,7+,10-/m1/s1. The number of β-lactam (4-membered cyclic amide) rings is 1.